The number of hydrogen-bond acceptors (Lipinski definition) is 4. The summed E-state index contributed by atoms with van der Waals surface area (Å²) in [5, 5.41) is 11.2. The van der Waals surface area contributed by atoms with E-state index in [4.69, 9.17) is 4.74 Å². The number of benzene rings is 2. The normalized spacial score (nSPS) is 17.1. The SMILES string of the molecule is CCCCCCCCCCCCN1C(=O)C(=O)C(=C(O)c2ccc(OC)cc2)[C@H]1c1ccc(Br)cc1. The summed E-state index contributed by atoms with van der Waals surface area (Å²) in [5.41, 5.74) is 1.42. The molecule has 1 aliphatic rings. The van der Waals surface area contributed by atoms with Crippen molar-refractivity contribution in [3.8, 4) is 5.75 Å². The van der Waals surface area contributed by atoms with Gasteiger partial charge in [-0.05, 0) is 48.4 Å². The van der Waals surface area contributed by atoms with Gasteiger partial charge in [-0.1, -0.05) is 92.8 Å². The number of likely N-dealkylation sites (tertiary alicyclic amines) is 1. The number of unbranched alkanes of at least 4 members (excludes halogenated alkanes) is 9. The average molecular weight is 557 g/mol. The first kappa shape index (κ1) is 28.0. The Hall–Kier alpha value is -2.60. The molecule has 6 heteroatoms. The van der Waals surface area contributed by atoms with Gasteiger partial charge in [0.25, 0.3) is 11.7 Å². The summed E-state index contributed by atoms with van der Waals surface area (Å²) >= 11 is 3.46. The molecule has 2 aromatic carbocycles. The van der Waals surface area contributed by atoms with E-state index in [9.17, 15) is 14.7 Å². The lowest BCUT2D eigenvalue weighted by Crippen LogP contribution is -2.30. The number of ketones is 1. The van der Waals surface area contributed by atoms with E-state index in [-0.39, 0.29) is 11.3 Å². The van der Waals surface area contributed by atoms with E-state index >= 15 is 0 Å². The maximum Gasteiger partial charge on any atom is 0.295 e. The first-order valence-electron chi connectivity index (χ1n) is 13.2. The lowest BCUT2D eigenvalue weighted by Gasteiger charge is -2.25. The summed E-state index contributed by atoms with van der Waals surface area (Å²) in [6.07, 6.45) is 12.0. The molecule has 2 aromatic rings. The summed E-state index contributed by atoms with van der Waals surface area (Å²) in [6.45, 7) is 2.72. The number of methoxy groups -OCH3 is 1. The second-order valence-corrected chi connectivity index (χ2v) is 10.4. The topological polar surface area (TPSA) is 66.8 Å². The minimum atomic E-state index is -0.636. The lowest BCUT2D eigenvalue weighted by atomic mass is 9.95. The van der Waals surface area contributed by atoms with Crippen LogP contribution in [0.5, 0.6) is 5.75 Å². The number of halogens is 1. The van der Waals surface area contributed by atoms with Crippen LogP contribution in [0.2, 0.25) is 0 Å². The van der Waals surface area contributed by atoms with Crippen LogP contribution in [0.4, 0.5) is 0 Å². The molecule has 0 radical (unpaired) electrons. The van der Waals surface area contributed by atoms with E-state index < -0.39 is 17.7 Å². The molecule has 0 unspecified atom stereocenters. The smallest absolute Gasteiger partial charge is 0.295 e. The van der Waals surface area contributed by atoms with Crippen LogP contribution in [0.3, 0.4) is 0 Å². The van der Waals surface area contributed by atoms with Crippen LogP contribution in [0.25, 0.3) is 5.76 Å². The molecule has 0 bridgehead atoms. The lowest BCUT2D eigenvalue weighted by molar-refractivity contribution is -0.139. The van der Waals surface area contributed by atoms with Gasteiger partial charge in [-0.25, -0.2) is 0 Å². The van der Waals surface area contributed by atoms with Crippen LogP contribution >= 0.6 is 15.9 Å². The van der Waals surface area contributed by atoms with Crippen molar-refractivity contribution in [1.82, 2.24) is 4.90 Å². The van der Waals surface area contributed by atoms with Crippen LogP contribution in [-0.4, -0.2) is 35.4 Å². The number of carbonyl (C=O) groups is 2. The predicted octanol–water partition coefficient (Wildman–Crippen LogP) is 7.80. The predicted molar refractivity (Wildman–Crippen MR) is 148 cm³/mol. The number of nitrogens with zero attached hydrogens (tertiary/aromatic N) is 1. The second kappa shape index (κ2) is 14.2. The fraction of sp³-hybridized carbons (Fsp3) is 0.467. The maximum absolute atomic E-state index is 13.1. The monoisotopic (exact) mass is 555 g/mol. The van der Waals surface area contributed by atoms with Crippen LogP contribution in [-0.2, 0) is 9.59 Å². The van der Waals surface area contributed by atoms with Crippen molar-refractivity contribution in [2.24, 2.45) is 0 Å². The van der Waals surface area contributed by atoms with Crippen LogP contribution in [0, 0.1) is 0 Å². The highest BCUT2D eigenvalue weighted by Crippen LogP contribution is 2.40. The molecule has 1 saturated heterocycles. The zero-order valence-corrected chi connectivity index (χ0v) is 23.1. The Kier molecular flexibility index (Phi) is 11.1. The minimum Gasteiger partial charge on any atom is -0.507 e. The molecule has 36 heavy (non-hydrogen) atoms. The van der Waals surface area contributed by atoms with E-state index in [1.54, 1.807) is 36.3 Å². The quantitative estimate of drug-likeness (QED) is 0.112. The summed E-state index contributed by atoms with van der Waals surface area (Å²) < 4.78 is 6.11. The van der Waals surface area contributed by atoms with Crippen LogP contribution in [0.1, 0.15) is 88.3 Å². The molecule has 1 amide bonds. The van der Waals surface area contributed by atoms with Gasteiger partial charge >= 0.3 is 0 Å². The molecule has 0 saturated carbocycles. The highest BCUT2D eigenvalue weighted by Gasteiger charge is 2.45. The zero-order valence-electron chi connectivity index (χ0n) is 21.5. The standard InChI is InChI=1S/C30H38BrNO4/c1-3-4-5-6-7-8-9-10-11-12-21-32-27(22-13-17-24(31)18-14-22)26(29(34)30(32)35)28(33)23-15-19-25(36-2)20-16-23/h13-20,27,33H,3-12,21H2,1-2H3/t27-/m1/s1. The number of hydrogen-bond donors (Lipinski definition) is 1. The first-order valence-corrected chi connectivity index (χ1v) is 14.0. The number of carbonyl (C=O) groups excluding carboxylic acids is 2. The molecule has 5 nitrogen and oxygen atoms in total. The molecule has 1 heterocycles. The highest BCUT2D eigenvalue weighted by molar-refractivity contribution is 9.10. The molecule has 1 atom stereocenters. The Morgan fingerprint density at radius 2 is 1.42 bits per heavy atom. The molecule has 194 valence electrons. The Balaban J connectivity index is 1.72. The number of aliphatic hydroxyl groups excluding tert-OH is 1. The molecule has 0 aromatic heterocycles. The van der Waals surface area contributed by atoms with Gasteiger partial charge in [0.2, 0.25) is 0 Å². The van der Waals surface area contributed by atoms with Gasteiger partial charge in [-0.3, -0.25) is 9.59 Å². The van der Waals surface area contributed by atoms with E-state index in [1.807, 2.05) is 24.3 Å². The summed E-state index contributed by atoms with van der Waals surface area (Å²) in [6, 6.07) is 13.8. The van der Waals surface area contributed by atoms with Crippen molar-refractivity contribution in [2.45, 2.75) is 77.2 Å². The molecule has 3 rings (SSSR count). The van der Waals surface area contributed by atoms with Gasteiger partial charge < -0.3 is 14.7 Å². The van der Waals surface area contributed by atoms with Gasteiger partial charge in [0, 0.05) is 16.6 Å². The van der Waals surface area contributed by atoms with Gasteiger partial charge in [-0.15, -0.1) is 0 Å². The van der Waals surface area contributed by atoms with E-state index in [0.29, 0.717) is 17.9 Å². The van der Waals surface area contributed by atoms with Crippen molar-refractivity contribution >= 4 is 33.4 Å². The van der Waals surface area contributed by atoms with Crippen molar-refractivity contribution < 1.29 is 19.4 Å². The zero-order chi connectivity index (χ0) is 25.9. The third-order valence-electron chi connectivity index (χ3n) is 6.84. The Bertz CT molecular complexity index is 1030. The van der Waals surface area contributed by atoms with Crippen molar-refractivity contribution in [3.63, 3.8) is 0 Å². The van der Waals surface area contributed by atoms with E-state index in [2.05, 4.69) is 22.9 Å². The molecular weight excluding hydrogens is 518 g/mol. The van der Waals surface area contributed by atoms with Gasteiger partial charge in [0.15, 0.2) is 0 Å². The molecule has 0 spiro atoms. The third-order valence-corrected chi connectivity index (χ3v) is 7.37. The fourth-order valence-corrected chi connectivity index (χ4v) is 5.04. The average Bonchev–Trinajstić information content (AvgIpc) is 3.14. The van der Waals surface area contributed by atoms with E-state index in [1.165, 1.54) is 44.9 Å². The minimum absolute atomic E-state index is 0.138. The van der Waals surface area contributed by atoms with Crippen LogP contribution < -0.4 is 4.74 Å². The van der Waals surface area contributed by atoms with Gasteiger partial charge in [0.05, 0.1) is 18.7 Å². The number of Topliss-reactive ketones (excluding diaryl/α,β-unsaturated/α-hetero) is 1. The van der Waals surface area contributed by atoms with Gasteiger partial charge in [0.1, 0.15) is 11.5 Å². The summed E-state index contributed by atoms with van der Waals surface area (Å²) in [4.78, 5) is 27.9. The maximum atomic E-state index is 13.1. The summed E-state index contributed by atoms with van der Waals surface area (Å²) in [5.74, 6) is -0.691. The van der Waals surface area contributed by atoms with Crippen LogP contribution in [0.15, 0.2) is 58.6 Å². The number of aliphatic hydroxyl groups is 1. The number of ether oxygens (including phenoxy) is 1. The molecule has 0 aliphatic carbocycles. The summed E-state index contributed by atoms with van der Waals surface area (Å²) in [7, 11) is 1.57. The van der Waals surface area contributed by atoms with Crippen molar-refractivity contribution in [2.75, 3.05) is 13.7 Å². The molecular formula is C30H38BrNO4. The molecule has 1 fully saturated rings. The van der Waals surface area contributed by atoms with Gasteiger partial charge in [-0.2, -0.15) is 0 Å². The van der Waals surface area contributed by atoms with E-state index in [0.717, 1.165) is 29.3 Å². The number of rotatable bonds is 14. The number of amides is 1. The fourth-order valence-electron chi connectivity index (χ4n) is 4.78. The highest BCUT2D eigenvalue weighted by atomic mass is 79.9. The van der Waals surface area contributed by atoms with Crippen molar-refractivity contribution in [3.05, 3.63) is 69.7 Å². The molecule has 1 aliphatic heterocycles. The largest absolute Gasteiger partial charge is 0.507 e. The second-order valence-electron chi connectivity index (χ2n) is 9.45. The Morgan fingerprint density at radius 3 is 1.97 bits per heavy atom. The Morgan fingerprint density at radius 1 is 0.861 bits per heavy atom. The molecule has 1 N–H and O–H groups in total. The van der Waals surface area contributed by atoms with Crippen molar-refractivity contribution in [1.29, 1.82) is 0 Å². The Labute approximate surface area is 223 Å². The first-order chi connectivity index (χ1) is 17.5. The third kappa shape index (κ3) is 7.22.